The fourth-order valence-corrected chi connectivity index (χ4v) is 10.1. The standard InChI is InChI=1S/C69H72F3N3O/c1-64(2,3)50-31-32-59(55(39-50)44-21-16-15-17-22-44)75-60-26-20-25-54(61(60)74-63(75)56-40-52(66(7,8)9)41-57(62(56)76)67(10,11)12)48-35-49(37-51(36-48)65(4,5)6)58-38-46(33-34-73-58)43-27-29-45(30-28-43)53-24-19-18-23-47(53)42-68(13,14)69(70,71)72/h15-41,76H,42H2,1-14H3. The highest BCUT2D eigenvalue weighted by Crippen LogP contribution is 2.47. The van der Waals surface area contributed by atoms with Gasteiger partial charge in [0.1, 0.15) is 11.6 Å². The minimum absolute atomic E-state index is 0.111. The number of phenolic OH excluding ortho intramolecular Hbond substituents is 1. The number of rotatable bonds is 9. The smallest absolute Gasteiger partial charge is 0.394 e. The lowest BCUT2D eigenvalue weighted by Gasteiger charge is -2.28. The number of hydrogen-bond donors (Lipinski definition) is 1. The monoisotopic (exact) mass is 1020 g/mol. The highest BCUT2D eigenvalue weighted by Gasteiger charge is 2.47. The number of alkyl halides is 3. The Labute approximate surface area is 448 Å². The molecule has 0 saturated heterocycles. The minimum atomic E-state index is -4.33. The van der Waals surface area contributed by atoms with E-state index in [2.05, 4.69) is 185 Å². The Morgan fingerprint density at radius 1 is 0.447 bits per heavy atom. The molecule has 390 valence electrons. The van der Waals surface area contributed by atoms with Crippen molar-refractivity contribution in [3.8, 4) is 78.6 Å². The van der Waals surface area contributed by atoms with Crippen molar-refractivity contribution in [3.05, 3.63) is 192 Å². The molecular formula is C69H72F3N3O. The van der Waals surface area contributed by atoms with Crippen LogP contribution in [0.1, 0.15) is 125 Å². The molecule has 0 unspecified atom stereocenters. The summed E-state index contributed by atoms with van der Waals surface area (Å²) in [6.07, 6.45) is -2.61. The third-order valence-corrected chi connectivity index (χ3v) is 15.0. The zero-order valence-corrected chi connectivity index (χ0v) is 46.7. The second-order valence-electron chi connectivity index (χ2n) is 25.5. The molecule has 2 aromatic heterocycles. The summed E-state index contributed by atoms with van der Waals surface area (Å²) in [6, 6.07) is 54.2. The van der Waals surface area contributed by atoms with Crippen LogP contribution in [0, 0.1) is 5.41 Å². The van der Waals surface area contributed by atoms with Crippen molar-refractivity contribution < 1.29 is 18.3 Å². The van der Waals surface area contributed by atoms with Gasteiger partial charge in [-0.15, -0.1) is 0 Å². The molecule has 1 N–H and O–H groups in total. The number of aromatic nitrogens is 3. The molecule has 0 amide bonds. The molecule has 76 heavy (non-hydrogen) atoms. The van der Waals surface area contributed by atoms with Crippen molar-refractivity contribution in [2.45, 2.75) is 131 Å². The summed E-state index contributed by atoms with van der Waals surface area (Å²) in [7, 11) is 0. The number of aromatic hydroxyl groups is 1. The molecule has 7 aromatic carbocycles. The maximum Gasteiger partial charge on any atom is 0.394 e. The van der Waals surface area contributed by atoms with Crippen molar-refractivity contribution in [2.75, 3.05) is 0 Å². The van der Waals surface area contributed by atoms with Gasteiger partial charge in [0, 0.05) is 28.5 Å². The van der Waals surface area contributed by atoms with Crippen molar-refractivity contribution in [1.82, 2.24) is 14.5 Å². The Morgan fingerprint density at radius 3 is 1.67 bits per heavy atom. The van der Waals surface area contributed by atoms with E-state index in [1.165, 1.54) is 19.4 Å². The van der Waals surface area contributed by atoms with Gasteiger partial charge in [-0.3, -0.25) is 9.55 Å². The molecule has 0 bridgehead atoms. The zero-order valence-electron chi connectivity index (χ0n) is 46.7. The van der Waals surface area contributed by atoms with Gasteiger partial charge in [-0.25, -0.2) is 4.98 Å². The van der Waals surface area contributed by atoms with E-state index in [4.69, 9.17) is 9.97 Å². The lowest BCUT2D eigenvalue weighted by Crippen LogP contribution is -2.34. The van der Waals surface area contributed by atoms with Gasteiger partial charge >= 0.3 is 6.18 Å². The number of imidazole rings is 1. The van der Waals surface area contributed by atoms with E-state index >= 15 is 0 Å². The Kier molecular flexibility index (Phi) is 13.7. The van der Waals surface area contributed by atoms with Crippen LogP contribution in [0.15, 0.2) is 164 Å². The number of benzene rings is 7. The Bertz CT molecular complexity index is 3610. The first-order valence-electron chi connectivity index (χ1n) is 26.5. The lowest BCUT2D eigenvalue weighted by molar-refractivity contribution is -0.211. The molecule has 0 atom stereocenters. The Morgan fingerprint density at radius 2 is 1.03 bits per heavy atom. The molecule has 2 heterocycles. The molecule has 0 aliphatic heterocycles. The van der Waals surface area contributed by atoms with Crippen LogP contribution in [0.3, 0.4) is 0 Å². The van der Waals surface area contributed by atoms with Crippen LogP contribution in [-0.2, 0) is 28.1 Å². The molecule has 0 fully saturated rings. The summed E-state index contributed by atoms with van der Waals surface area (Å²) in [5.41, 5.74) is 14.9. The molecule has 9 rings (SSSR count). The van der Waals surface area contributed by atoms with E-state index in [0.717, 1.165) is 89.2 Å². The van der Waals surface area contributed by atoms with Gasteiger partial charge in [0.05, 0.1) is 33.4 Å². The molecule has 0 aliphatic carbocycles. The van der Waals surface area contributed by atoms with E-state index in [1.807, 2.05) is 54.7 Å². The Balaban J connectivity index is 1.23. The molecule has 9 aromatic rings. The predicted octanol–water partition coefficient (Wildman–Crippen LogP) is 19.4. The molecule has 7 heteroatoms. The fraction of sp³-hybridized carbons (Fsp3) is 0.304. The first kappa shape index (κ1) is 53.6. The second-order valence-corrected chi connectivity index (χ2v) is 25.5. The third kappa shape index (κ3) is 10.6. The average Bonchev–Trinajstić information content (AvgIpc) is 3.76. The van der Waals surface area contributed by atoms with Crippen LogP contribution in [0.2, 0.25) is 0 Å². The third-order valence-electron chi connectivity index (χ3n) is 15.0. The zero-order chi connectivity index (χ0) is 54.9. The normalized spacial score (nSPS) is 12.9. The molecular weight excluding hydrogens is 944 g/mol. The molecule has 0 spiro atoms. The summed E-state index contributed by atoms with van der Waals surface area (Å²) in [4.78, 5) is 10.7. The largest absolute Gasteiger partial charge is 0.507 e. The van der Waals surface area contributed by atoms with Crippen LogP contribution < -0.4 is 0 Å². The number of hydrogen-bond acceptors (Lipinski definition) is 3. The van der Waals surface area contributed by atoms with Crippen LogP contribution in [-0.4, -0.2) is 25.8 Å². The second kappa shape index (κ2) is 19.4. The van der Waals surface area contributed by atoms with E-state index in [0.29, 0.717) is 17.0 Å². The number of nitrogens with zero attached hydrogens (tertiary/aromatic N) is 3. The van der Waals surface area contributed by atoms with Crippen molar-refractivity contribution in [3.63, 3.8) is 0 Å². The lowest BCUT2D eigenvalue weighted by atomic mass is 9.79. The van der Waals surface area contributed by atoms with Crippen LogP contribution >= 0.6 is 0 Å². The first-order valence-corrected chi connectivity index (χ1v) is 26.5. The van der Waals surface area contributed by atoms with Crippen molar-refractivity contribution in [2.24, 2.45) is 5.41 Å². The Hall–Kier alpha value is -7.25. The van der Waals surface area contributed by atoms with Gasteiger partial charge in [0.15, 0.2) is 0 Å². The van der Waals surface area contributed by atoms with Gasteiger partial charge in [-0.2, -0.15) is 13.2 Å². The van der Waals surface area contributed by atoms with Crippen LogP contribution in [0.5, 0.6) is 5.75 Å². The van der Waals surface area contributed by atoms with E-state index in [9.17, 15) is 18.3 Å². The predicted molar refractivity (Wildman–Crippen MR) is 311 cm³/mol. The summed E-state index contributed by atoms with van der Waals surface area (Å²) in [5.74, 6) is 0.872. The van der Waals surface area contributed by atoms with Crippen molar-refractivity contribution in [1.29, 1.82) is 0 Å². The maximum absolute atomic E-state index is 14.0. The van der Waals surface area contributed by atoms with Gasteiger partial charge in [-0.05, 0) is 132 Å². The van der Waals surface area contributed by atoms with Gasteiger partial charge in [0.25, 0.3) is 0 Å². The molecule has 0 saturated carbocycles. The topological polar surface area (TPSA) is 50.9 Å². The maximum atomic E-state index is 14.0. The summed E-state index contributed by atoms with van der Waals surface area (Å²) in [6.45, 7) is 29.0. The molecule has 4 nitrogen and oxygen atoms in total. The number of halogens is 3. The fourth-order valence-electron chi connectivity index (χ4n) is 10.1. The molecule has 0 radical (unpaired) electrons. The summed E-state index contributed by atoms with van der Waals surface area (Å²) < 4.78 is 44.3. The van der Waals surface area contributed by atoms with Crippen LogP contribution in [0.25, 0.3) is 83.9 Å². The SMILES string of the molecule is CC(C)(C)c1cc(-c2cc(-c3ccc(-c4ccccc4CC(C)(C)C(F)(F)F)cc3)ccn2)cc(-c2cccc3c2nc(-c2cc(C(C)(C)C)cc(C(C)(C)C)c2O)n3-c2ccc(C(C)(C)C)cc2-c2ccccc2)c1. The molecule has 0 aliphatic rings. The average molecular weight is 1020 g/mol. The van der Waals surface area contributed by atoms with Gasteiger partial charge in [-0.1, -0.05) is 206 Å². The first-order chi connectivity index (χ1) is 35.5. The minimum Gasteiger partial charge on any atom is -0.507 e. The summed E-state index contributed by atoms with van der Waals surface area (Å²) >= 11 is 0. The number of para-hydroxylation sites is 1. The van der Waals surface area contributed by atoms with E-state index in [-0.39, 0.29) is 33.8 Å². The summed E-state index contributed by atoms with van der Waals surface area (Å²) in [5, 5.41) is 12.6. The highest BCUT2D eigenvalue weighted by atomic mass is 19.4. The highest BCUT2D eigenvalue weighted by molar-refractivity contribution is 5.98. The van der Waals surface area contributed by atoms with Gasteiger partial charge in [0.2, 0.25) is 0 Å². The quantitative estimate of drug-likeness (QED) is 0.157. The van der Waals surface area contributed by atoms with E-state index in [1.54, 1.807) is 12.1 Å². The van der Waals surface area contributed by atoms with E-state index < -0.39 is 11.6 Å². The van der Waals surface area contributed by atoms with Crippen molar-refractivity contribution >= 4 is 11.0 Å². The van der Waals surface area contributed by atoms with Crippen LogP contribution in [0.4, 0.5) is 13.2 Å². The number of pyridine rings is 1. The number of fused-ring (bicyclic) bond motifs is 1. The van der Waals surface area contributed by atoms with Gasteiger partial charge < -0.3 is 5.11 Å². The number of phenols is 1.